The van der Waals surface area contributed by atoms with Gasteiger partial charge in [-0.05, 0) is 25.1 Å². The summed E-state index contributed by atoms with van der Waals surface area (Å²) in [6.45, 7) is 5.79. The summed E-state index contributed by atoms with van der Waals surface area (Å²) in [5.74, 6) is 1.47. The van der Waals surface area contributed by atoms with Crippen molar-refractivity contribution in [2.75, 3.05) is 32.8 Å². The van der Waals surface area contributed by atoms with Crippen molar-refractivity contribution in [2.24, 2.45) is 0 Å². The Bertz CT molecular complexity index is 510. The van der Waals surface area contributed by atoms with Gasteiger partial charge in [0.2, 0.25) is 0 Å². The van der Waals surface area contributed by atoms with Gasteiger partial charge in [-0.25, -0.2) is 0 Å². The molecule has 21 heavy (non-hydrogen) atoms. The van der Waals surface area contributed by atoms with Crippen LogP contribution in [0.15, 0.2) is 18.2 Å². The fourth-order valence-electron chi connectivity index (χ4n) is 2.60. The van der Waals surface area contributed by atoms with Gasteiger partial charge in [0, 0.05) is 37.7 Å². The van der Waals surface area contributed by atoms with Crippen LogP contribution in [0.1, 0.15) is 23.7 Å². The third-order valence-corrected chi connectivity index (χ3v) is 3.76. The van der Waals surface area contributed by atoms with Crippen molar-refractivity contribution in [2.45, 2.75) is 19.4 Å². The van der Waals surface area contributed by atoms with Crippen LogP contribution in [0, 0.1) is 0 Å². The number of rotatable bonds is 1. The first-order valence-electron chi connectivity index (χ1n) is 7.17. The number of nitrogens with one attached hydrogen (secondary N) is 1. The van der Waals surface area contributed by atoms with Gasteiger partial charge in [0.1, 0.15) is 0 Å². The lowest BCUT2D eigenvalue weighted by atomic mass is 10.1. The topological polar surface area (TPSA) is 50.8 Å². The van der Waals surface area contributed by atoms with E-state index in [-0.39, 0.29) is 24.4 Å². The Labute approximate surface area is 131 Å². The number of fused-ring (bicyclic) bond motifs is 1. The maximum Gasteiger partial charge on any atom is 0.254 e. The van der Waals surface area contributed by atoms with Crippen molar-refractivity contribution >= 4 is 18.3 Å². The molecule has 1 aromatic rings. The largest absolute Gasteiger partial charge is 0.490 e. The lowest BCUT2D eigenvalue weighted by Gasteiger charge is -2.34. The van der Waals surface area contributed by atoms with E-state index >= 15 is 0 Å². The van der Waals surface area contributed by atoms with E-state index in [1.54, 1.807) is 6.07 Å². The third kappa shape index (κ3) is 3.41. The van der Waals surface area contributed by atoms with Crippen LogP contribution in [0.3, 0.4) is 0 Å². The maximum atomic E-state index is 12.6. The van der Waals surface area contributed by atoms with Crippen molar-refractivity contribution in [1.82, 2.24) is 10.2 Å². The summed E-state index contributed by atoms with van der Waals surface area (Å²) in [5, 5.41) is 3.29. The van der Waals surface area contributed by atoms with E-state index in [0.29, 0.717) is 24.5 Å². The van der Waals surface area contributed by atoms with E-state index in [9.17, 15) is 4.79 Å². The predicted molar refractivity (Wildman–Crippen MR) is 82.7 cm³/mol. The van der Waals surface area contributed by atoms with Gasteiger partial charge in [-0.15, -0.1) is 12.4 Å². The van der Waals surface area contributed by atoms with Gasteiger partial charge in [-0.2, -0.15) is 0 Å². The molecule has 2 aliphatic heterocycles. The molecule has 0 spiro atoms. The first-order valence-corrected chi connectivity index (χ1v) is 7.17. The van der Waals surface area contributed by atoms with Crippen LogP contribution >= 0.6 is 12.4 Å². The number of halogens is 1. The summed E-state index contributed by atoms with van der Waals surface area (Å²) >= 11 is 0. The number of nitrogens with zero attached hydrogens (tertiary/aromatic N) is 1. The second-order valence-electron chi connectivity index (χ2n) is 5.26. The van der Waals surface area contributed by atoms with Gasteiger partial charge in [-0.1, -0.05) is 0 Å². The van der Waals surface area contributed by atoms with E-state index in [4.69, 9.17) is 9.47 Å². The number of carbonyl (C=O) groups is 1. The number of hydrogen-bond donors (Lipinski definition) is 1. The first kappa shape index (κ1) is 15.9. The summed E-state index contributed by atoms with van der Waals surface area (Å²) in [5.41, 5.74) is 0.669. The predicted octanol–water partition coefficient (Wildman–Crippen LogP) is 1.70. The molecule has 1 unspecified atom stereocenters. The lowest BCUT2D eigenvalue weighted by Crippen LogP contribution is -2.52. The number of hydrogen-bond acceptors (Lipinski definition) is 4. The summed E-state index contributed by atoms with van der Waals surface area (Å²) in [7, 11) is 0. The molecule has 2 aliphatic rings. The minimum absolute atomic E-state index is 0. The molecule has 5 nitrogen and oxygen atoms in total. The van der Waals surface area contributed by atoms with Crippen LogP contribution in [0.25, 0.3) is 0 Å². The lowest BCUT2D eigenvalue weighted by molar-refractivity contribution is 0.0655. The van der Waals surface area contributed by atoms with Crippen molar-refractivity contribution in [3.8, 4) is 11.5 Å². The Hall–Kier alpha value is -1.46. The Morgan fingerprint density at radius 1 is 1.29 bits per heavy atom. The SMILES string of the molecule is CC1CNCCN1C(=O)c1ccc2c(c1)OCCCO2.Cl. The summed E-state index contributed by atoms with van der Waals surface area (Å²) in [6, 6.07) is 5.68. The molecule has 1 aromatic carbocycles. The summed E-state index contributed by atoms with van der Waals surface area (Å²) < 4.78 is 11.2. The van der Waals surface area contributed by atoms with E-state index in [1.165, 1.54) is 0 Å². The average Bonchev–Trinajstić information content (AvgIpc) is 2.71. The normalized spacial score (nSPS) is 21.2. The van der Waals surface area contributed by atoms with Crippen molar-refractivity contribution in [3.05, 3.63) is 23.8 Å². The third-order valence-electron chi connectivity index (χ3n) is 3.76. The molecule has 1 amide bonds. The molecule has 1 saturated heterocycles. The standard InChI is InChI=1S/C15H20N2O3.ClH/c1-11-10-16-5-6-17(11)15(18)12-3-4-13-14(9-12)20-8-2-7-19-13;/h3-4,9,11,16H,2,5-8,10H2,1H3;1H. The van der Waals surface area contributed by atoms with Gasteiger partial charge in [0.05, 0.1) is 13.2 Å². The Balaban J connectivity index is 0.00000161. The van der Waals surface area contributed by atoms with Crippen LogP contribution < -0.4 is 14.8 Å². The molecule has 2 heterocycles. The highest BCUT2D eigenvalue weighted by molar-refractivity contribution is 5.95. The van der Waals surface area contributed by atoms with Crippen molar-refractivity contribution in [3.63, 3.8) is 0 Å². The Kier molecular flexibility index (Phi) is 5.31. The molecule has 1 fully saturated rings. The van der Waals surface area contributed by atoms with Crippen LogP contribution in [-0.2, 0) is 0 Å². The highest BCUT2D eigenvalue weighted by atomic mass is 35.5. The van der Waals surface area contributed by atoms with Crippen molar-refractivity contribution < 1.29 is 14.3 Å². The average molecular weight is 313 g/mol. The zero-order valence-corrected chi connectivity index (χ0v) is 12.9. The number of benzene rings is 1. The molecule has 0 bridgehead atoms. The van der Waals surface area contributed by atoms with E-state index in [0.717, 1.165) is 31.8 Å². The monoisotopic (exact) mass is 312 g/mol. The van der Waals surface area contributed by atoms with Gasteiger partial charge < -0.3 is 19.7 Å². The molecular weight excluding hydrogens is 292 g/mol. The molecule has 6 heteroatoms. The van der Waals surface area contributed by atoms with Gasteiger partial charge in [-0.3, -0.25) is 4.79 Å². The number of carbonyl (C=O) groups excluding carboxylic acids is 1. The van der Waals surface area contributed by atoms with Crippen LogP contribution in [0.4, 0.5) is 0 Å². The van der Waals surface area contributed by atoms with Gasteiger partial charge >= 0.3 is 0 Å². The molecule has 0 aliphatic carbocycles. The van der Waals surface area contributed by atoms with Crippen LogP contribution in [0.5, 0.6) is 11.5 Å². The number of piperazine rings is 1. The molecular formula is C15H21ClN2O3. The quantitative estimate of drug-likeness (QED) is 0.857. The minimum atomic E-state index is 0. The van der Waals surface area contributed by atoms with Gasteiger partial charge in [0.15, 0.2) is 11.5 Å². The Morgan fingerprint density at radius 3 is 2.81 bits per heavy atom. The maximum absolute atomic E-state index is 12.6. The highest BCUT2D eigenvalue weighted by Gasteiger charge is 2.25. The zero-order chi connectivity index (χ0) is 13.9. The van der Waals surface area contributed by atoms with Crippen LogP contribution in [-0.4, -0.2) is 49.7 Å². The fourth-order valence-corrected chi connectivity index (χ4v) is 2.60. The number of ether oxygens (including phenoxy) is 2. The molecule has 0 radical (unpaired) electrons. The summed E-state index contributed by atoms with van der Waals surface area (Å²) in [6.07, 6.45) is 0.868. The first-order chi connectivity index (χ1) is 9.75. The van der Waals surface area contributed by atoms with Crippen LogP contribution in [0.2, 0.25) is 0 Å². The highest BCUT2D eigenvalue weighted by Crippen LogP contribution is 2.31. The molecule has 1 N–H and O–H groups in total. The molecule has 3 rings (SSSR count). The zero-order valence-electron chi connectivity index (χ0n) is 12.1. The summed E-state index contributed by atoms with van der Waals surface area (Å²) in [4.78, 5) is 14.5. The second-order valence-corrected chi connectivity index (χ2v) is 5.26. The van der Waals surface area contributed by atoms with Gasteiger partial charge in [0.25, 0.3) is 5.91 Å². The number of amides is 1. The fraction of sp³-hybridized carbons (Fsp3) is 0.533. The molecule has 116 valence electrons. The molecule has 0 saturated carbocycles. The second kappa shape index (κ2) is 7.00. The van der Waals surface area contributed by atoms with Crippen molar-refractivity contribution in [1.29, 1.82) is 0 Å². The smallest absolute Gasteiger partial charge is 0.254 e. The van der Waals surface area contributed by atoms with E-state index < -0.39 is 0 Å². The molecule has 1 atom stereocenters. The van der Waals surface area contributed by atoms with E-state index in [1.807, 2.05) is 17.0 Å². The van der Waals surface area contributed by atoms with E-state index in [2.05, 4.69) is 12.2 Å². The Morgan fingerprint density at radius 2 is 2.05 bits per heavy atom. The molecule has 0 aromatic heterocycles. The minimum Gasteiger partial charge on any atom is -0.490 e.